The molecule has 1 aliphatic heterocycles. The zero-order valence-electron chi connectivity index (χ0n) is 10.6. The molecule has 2 rings (SSSR count). The van der Waals surface area contributed by atoms with Gasteiger partial charge in [0.2, 0.25) is 0 Å². The van der Waals surface area contributed by atoms with Crippen LogP contribution in [0.4, 0.5) is 0 Å². The molecule has 1 fully saturated rings. The summed E-state index contributed by atoms with van der Waals surface area (Å²) in [6.07, 6.45) is 3.58. The highest BCUT2D eigenvalue weighted by Crippen LogP contribution is 2.08. The van der Waals surface area contributed by atoms with Crippen molar-refractivity contribution < 1.29 is 14.6 Å². The molecular weight excluding hydrogens is 244 g/mol. The summed E-state index contributed by atoms with van der Waals surface area (Å²) >= 11 is 0. The van der Waals surface area contributed by atoms with E-state index >= 15 is 0 Å². The smallest absolute Gasteiger partial charge is 0.255 e. The first kappa shape index (κ1) is 13.5. The maximum atomic E-state index is 12.2. The number of aliphatic hydroxyl groups is 1. The van der Waals surface area contributed by atoms with Crippen molar-refractivity contribution in [3.8, 4) is 11.8 Å². The molecule has 0 unspecified atom stereocenters. The van der Waals surface area contributed by atoms with Crippen LogP contribution in [0.1, 0.15) is 22.3 Å². The van der Waals surface area contributed by atoms with Gasteiger partial charge in [-0.1, -0.05) is 11.8 Å². The lowest BCUT2D eigenvalue weighted by Gasteiger charge is -2.26. The second-order valence-electron chi connectivity index (χ2n) is 4.14. The molecule has 0 atom stereocenters. The van der Waals surface area contributed by atoms with Crippen molar-refractivity contribution in [2.75, 3.05) is 32.9 Å². The Balaban J connectivity index is 2.09. The molecule has 1 saturated heterocycles. The summed E-state index contributed by atoms with van der Waals surface area (Å²) in [6.45, 7) is 2.41. The van der Waals surface area contributed by atoms with Crippen LogP contribution in [0.3, 0.4) is 0 Å². The zero-order chi connectivity index (χ0) is 13.5. The van der Waals surface area contributed by atoms with Gasteiger partial charge in [0.15, 0.2) is 0 Å². The van der Waals surface area contributed by atoms with Crippen LogP contribution in [0.2, 0.25) is 0 Å². The van der Waals surface area contributed by atoms with Crippen LogP contribution >= 0.6 is 0 Å². The number of amides is 1. The van der Waals surface area contributed by atoms with Gasteiger partial charge in [0, 0.05) is 37.5 Å². The Morgan fingerprint density at radius 2 is 2.21 bits per heavy atom. The fourth-order valence-corrected chi connectivity index (χ4v) is 1.79. The number of aliphatic hydroxyl groups excluding tert-OH is 1. The Hall–Kier alpha value is -1.90. The van der Waals surface area contributed by atoms with Crippen LogP contribution in [0.5, 0.6) is 0 Å². The van der Waals surface area contributed by atoms with Crippen molar-refractivity contribution >= 4 is 5.91 Å². The second kappa shape index (κ2) is 6.88. The van der Waals surface area contributed by atoms with E-state index in [1.807, 2.05) is 0 Å². The predicted molar refractivity (Wildman–Crippen MR) is 69.5 cm³/mol. The van der Waals surface area contributed by atoms with E-state index in [-0.39, 0.29) is 12.5 Å². The lowest BCUT2D eigenvalue weighted by atomic mass is 10.2. The topological polar surface area (TPSA) is 62.7 Å². The molecule has 0 aromatic carbocycles. The summed E-state index contributed by atoms with van der Waals surface area (Å²) < 4.78 is 5.22. The molecule has 1 aromatic heterocycles. The molecule has 1 N–H and O–H groups in total. The number of morpholine rings is 1. The standard InChI is InChI=1S/C14H16N2O3/c17-6-2-1-3-12-9-13(11-15-10-12)14(18)16-4-7-19-8-5-16/h9-11,17H,2,4-8H2. The summed E-state index contributed by atoms with van der Waals surface area (Å²) in [5.74, 6) is 5.65. The van der Waals surface area contributed by atoms with E-state index in [4.69, 9.17) is 9.84 Å². The van der Waals surface area contributed by atoms with Crippen LogP contribution in [0.15, 0.2) is 18.5 Å². The number of carbonyl (C=O) groups is 1. The van der Waals surface area contributed by atoms with Gasteiger partial charge >= 0.3 is 0 Å². The molecule has 1 aliphatic rings. The molecule has 19 heavy (non-hydrogen) atoms. The normalized spacial score (nSPS) is 14.7. The van der Waals surface area contributed by atoms with Crippen molar-refractivity contribution in [2.24, 2.45) is 0 Å². The number of aromatic nitrogens is 1. The highest BCUT2D eigenvalue weighted by Gasteiger charge is 2.18. The lowest BCUT2D eigenvalue weighted by Crippen LogP contribution is -2.40. The SMILES string of the molecule is O=C(c1cncc(C#CCCO)c1)N1CCOCC1. The van der Waals surface area contributed by atoms with Gasteiger partial charge < -0.3 is 14.7 Å². The van der Waals surface area contributed by atoms with Gasteiger partial charge in [0.25, 0.3) is 5.91 Å². The first-order valence-electron chi connectivity index (χ1n) is 6.23. The van der Waals surface area contributed by atoms with Crippen molar-refractivity contribution in [3.05, 3.63) is 29.6 Å². The Bertz CT molecular complexity index is 499. The monoisotopic (exact) mass is 260 g/mol. The minimum absolute atomic E-state index is 0.0346. The van der Waals surface area contributed by atoms with E-state index in [0.717, 1.165) is 0 Å². The van der Waals surface area contributed by atoms with Gasteiger partial charge in [0.05, 0.1) is 25.4 Å². The molecule has 0 aliphatic carbocycles. The zero-order valence-corrected chi connectivity index (χ0v) is 10.6. The molecule has 5 nitrogen and oxygen atoms in total. The minimum Gasteiger partial charge on any atom is -0.395 e. The van der Waals surface area contributed by atoms with E-state index < -0.39 is 0 Å². The van der Waals surface area contributed by atoms with E-state index in [1.165, 1.54) is 0 Å². The molecule has 0 saturated carbocycles. The summed E-state index contributed by atoms with van der Waals surface area (Å²) in [7, 11) is 0. The Labute approximate surface area is 112 Å². The molecule has 0 radical (unpaired) electrons. The van der Waals surface area contributed by atoms with Gasteiger partial charge in [0.1, 0.15) is 0 Å². The largest absolute Gasteiger partial charge is 0.395 e. The molecule has 1 aromatic rings. The van der Waals surface area contributed by atoms with Crippen LogP contribution in [0.25, 0.3) is 0 Å². The third-order valence-corrected chi connectivity index (χ3v) is 2.75. The number of hydrogen-bond donors (Lipinski definition) is 1. The number of pyridine rings is 1. The molecule has 5 heteroatoms. The van der Waals surface area contributed by atoms with Crippen molar-refractivity contribution in [1.82, 2.24) is 9.88 Å². The first-order valence-corrected chi connectivity index (χ1v) is 6.23. The first-order chi connectivity index (χ1) is 9.31. The van der Waals surface area contributed by atoms with Crippen LogP contribution < -0.4 is 0 Å². The van der Waals surface area contributed by atoms with E-state index in [1.54, 1.807) is 23.4 Å². The third-order valence-electron chi connectivity index (χ3n) is 2.75. The second-order valence-corrected chi connectivity index (χ2v) is 4.14. The fourth-order valence-electron chi connectivity index (χ4n) is 1.79. The van der Waals surface area contributed by atoms with Gasteiger partial charge in [-0.25, -0.2) is 0 Å². The fraction of sp³-hybridized carbons (Fsp3) is 0.429. The Morgan fingerprint density at radius 3 is 2.95 bits per heavy atom. The van der Waals surface area contributed by atoms with Crippen LogP contribution in [-0.4, -0.2) is 53.8 Å². The highest BCUT2D eigenvalue weighted by molar-refractivity contribution is 5.94. The van der Waals surface area contributed by atoms with E-state index in [0.29, 0.717) is 43.9 Å². The molecule has 1 amide bonds. The van der Waals surface area contributed by atoms with E-state index in [2.05, 4.69) is 16.8 Å². The maximum Gasteiger partial charge on any atom is 0.255 e. The van der Waals surface area contributed by atoms with Gasteiger partial charge in [-0.05, 0) is 6.07 Å². The summed E-state index contributed by atoms with van der Waals surface area (Å²) in [5.41, 5.74) is 1.23. The van der Waals surface area contributed by atoms with Crippen LogP contribution in [-0.2, 0) is 4.74 Å². The minimum atomic E-state index is -0.0402. The Morgan fingerprint density at radius 1 is 1.42 bits per heavy atom. The van der Waals surface area contributed by atoms with Gasteiger partial charge in [-0.15, -0.1) is 0 Å². The summed E-state index contributed by atoms with van der Waals surface area (Å²) in [5, 5.41) is 8.67. The maximum absolute atomic E-state index is 12.2. The predicted octanol–water partition coefficient (Wildman–Crippen LogP) is 0.288. The summed E-state index contributed by atoms with van der Waals surface area (Å²) in [4.78, 5) is 18.0. The number of ether oxygens (including phenoxy) is 1. The average molecular weight is 260 g/mol. The Kier molecular flexibility index (Phi) is 4.90. The molecule has 0 bridgehead atoms. The molecule has 0 spiro atoms. The van der Waals surface area contributed by atoms with Crippen molar-refractivity contribution in [3.63, 3.8) is 0 Å². The highest BCUT2D eigenvalue weighted by atomic mass is 16.5. The van der Waals surface area contributed by atoms with Crippen molar-refractivity contribution in [2.45, 2.75) is 6.42 Å². The lowest BCUT2D eigenvalue weighted by molar-refractivity contribution is 0.0302. The number of rotatable bonds is 2. The molecule has 2 heterocycles. The van der Waals surface area contributed by atoms with Gasteiger partial charge in [-0.3, -0.25) is 9.78 Å². The summed E-state index contributed by atoms with van der Waals surface area (Å²) in [6, 6.07) is 1.73. The number of hydrogen-bond acceptors (Lipinski definition) is 4. The quantitative estimate of drug-likeness (QED) is 0.776. The number of carbonyl (C=O) groups excluding carboxylic acids is 1. The van der Waals surface area contributed by atoms with Crippen molar-refractivity contribution in [1.29, 1.82) is 0 Å². The van der Waals surface area contributed by atoms with E-state index in [9.17, 15) is 4.79 Å². The third kappa shape index (κ3) is 3.78. The number of nitrogens with zero attached hydrogens (tertiary/aromatic N) is 2. The molecule has 100 valence electrons. The average Bonchev–Trinajstić information content (AvgIpc) is 2.48. The van der Waals surface area contributed by atoms with Gasteiger partial charge in [-0.2, -0.15) is 0 Å². The molecular formula is C14H16N2O3. The van der Waals surface area contributed by atoms with Crippen LogP contribution in [0, 0.1) is 11.8 Å².